The van der Waals surface area contributed by atoms with Crippen LogP contribution >= 0.6 is 0 Å². The highest BCUT2D eigenvalue weighted by Gasteiger charge is 2.22. The first-order valence-electron chi connectivity index (χ1n) is 7.44. The van der Waals surface area contributed by atoms with E-state index >= 15 is 0 Å². The zero-order valence-electron chi connectivity index (χ0n) is 12.3. The van der Waals surface area contributed by atoms with E-state index in [2.05, 4.69) is 10.3 Å². The van der Waals surface area contributed by atoms with Crippen LogP contribution in [-0.2, 0) is 0 Å². The van der Waals surface area contributed by atoms with Crippen LogP contribution in [0.3, 0.4) is 0 Å². The van der Waals surface area contributed by atoms with Gasteiger partial charge >= 0.3 is 0 Å². The van der Waals surface area contributed by atoms with Crippen LogP contribution in [-0.4, -0.2) is 28.3 Å². The molecule has 20 heavy (non-hydrogen) atoms. The lowest BCUT2D eigenvalue weighted by atomic mass is 10.1. The van der Waals surface area contributed by atoms with Gasteiger partial charge in [0, 0.05) is 0 Å². The molecule has 1 saturated carbocycles. The van der Waals surface area contributed by atoms with Gasteiger partial charge in [-0.1, -0.05) is 19.3 Å². The molecule has 2 unspecified atom stereocenters. The van der Waals surface area contributed by atoms with E-state index < -0.39 is 0 Å². The standard InChI is InChI=1S/C15H25N3O2/c1-10(2)20-15-11(16)8-9-14(18-15)17-12-6-4-3-5-7-13(12)19/h8-10,12-13,19H,3-7,16H2,1-2H3,(H,17,18). The Bertz CT molecular complexity index is 437. The quantitative estimate of drug-likeness (QED) is 0.738. The van der Waals surface area contributed by atoms with Crippen LogP contribution in [0.15, 0.2) is 12.1 Å². The number of nitrogens with zero attached hydrogens (tertiary/aromatic N) is 1. The van der Waals surface area contributed by atoms with Gasteiger partial charge in [-0.15, -0.1) is 0 Å². The number of aliphatic hydroxyl groups excluding tert-OH is 1. The topological polar surface area (TPSA) is 80.4 Å². The number of nitrogens with one attached hydrogen (secondary N) is 1. The number of nitrogens with two attached hydrogens (primary N) is 1. The zero-order valence-corrected chi connectivity index (χ0v) is 12.3. The van der Waals surface area contributed by atoms with Gasteiger partial charge in [-0.05, 0) is 38.8 Å². The molecule has 0 spiro atoms. The van der Waals surface area contributed by atoms with Crippen LogP contribution in [0.4, 0.5) is 11.5 Å². The molecule has 4 N–H and O–H groups in total. The van der Waals surface area contributed by atoms with Crippen molar-refractivity contribution >= 4 is 11.5 Å². The number of anilines is 2. The molecule has 5 heteroatoms. The molecule has 2 atom stereocenters. The van der Waals surface area contributed by atoms with E-state index in [1.165, 1.54) is 6.42 Å². The highest BCUT2D eigenvalue weighted by Crippen LogP contribution is 2.25. The number of nitrogen functional groups attached to an aromatic ring is 1. The van der Waals surface area contributed by atoms with E-state index in [1.807, 2.05) is 19.9 Å². The van der Waals surface area contributed by atoms with E-state index in [-0.39, 0.29) is 18.2 Å². The lowest BCUT2D eigenvalue weighted by Gasteiger charge is -2.23. The number of hydrogen-bond acceptors (Lipinski definition) is 5. The molecule has 1 heterocycles. The van der Waals surface area contributed by atoms with Crippen molar-refractivity contribution in [2.45, 2.75) is 64.2 Å². The summed E-state index contributed by atoms with van der Waals surface area (Å²) in [6, 6.07) is 3.68. The second-order valence-corrected chi connectivity index (χ2v) is 5.71. The normalized spacial score (nSPS) is 23.4. The molecule has 1 aromatic heterocycles. The molecular formula is C15H25N3O2. The second-order valence-electron chi connectivity index (χ2n) is 5.71. The van der Waals surface area contributed by atoms with Gasteiger partial charge in [0.05, 0.1) is 23.9 Å². The average molecular weight is 279 g/mol. The minimum absolute atomic E-state index is 0.0310. The smallest absolute Gasteiger partial charge is 0.239 e. The van der Waals surface area contributed by atoms with E-state index in [4.69, 9.17) is 10.5 Å². The van der Waals surface area contributed by atoms with Crippen LogP contribution in [0.5, 0.6) is 5.88 Å². The van der Waals surface area contributed by atoms with Gasteiger partial charge in [-0.25, -0.2) is 0 Å². The largest absolute Gasteiger partial charge is 0.473 e. The summed E-state index contributed by atoms with van der Waals surface area (Å²) in [7, 11) is 0. The highest BCUT2D eigenvalue weighted by atomic mass is 16.5. The van der Waals surface area contributed by atoms with E-state index in [9.17, 15) is 5.11 Å². The van der Waals surface area contributed by atoms with Crippen molar-refractivity contribution in [1.29, 1.82) is 0 Å². The molecule has 0 radical (unpaired) electrons. The van der Waals surface area contributed by atoms with Crippen molar-refractivity contribution in [2.75, 3.05) is 11.1 Å². The Morgan fingerprint density at radius 3 is 2.80 bits per heavy atom. The minimum atomic E-state index is -0.314. The zero-order chi connectivity index (χ0) is 14.5. The number of hydrogen-bond donors (Lipinski definition) is 3. The summed E-state index contributed by atoms with van der Waals surface area (Å²) in [5, 5.41) is 13.4. The number of aliphatic hydroxyl groups is 1. The molecular weight excluding hydrogens is 254 g/mol. The fraction of sp³-hybridized carbons (Fsp3) is 0.667. The van der Waals surface area contributed by atoms with Crippen LogP contribution < -0.4 is 15.8 Å². The van der Waals surface area contributed by atoms with Crippen LogP contribution in [0.2, 0.25) is 0 Å². The van der Waals surface area contributed by atoms with E-state index in [0.717, 1.165) is 25.7 Å². The summed E-state index contributed by atoms with van der Waals surface area (Å²) >= 11 is 0. The lowest BCUT2D eigenvalue weighted by Crippen LogP contribution is -2.32. The van der Waals surface area contributed by atoms with Crippen molar-refractivity contribution < 1.29 is 9.84 Å². The summed E-state index contributed by atoms with van der Waals surface area (Å²) < 4.78 is 5.59. The van der Waals surface area contributed by atoms with E-state index in [0.29, 0.717) is 17.4 Å². The van der Waals surface area contributed by atoms with Gasteiger partial charge in [-0.2, -0.15) is 4.98 Å². The number of aromatic nitrogens is 1. The van der Waals surface area contributed by atoms with Gasteiger partial charge in [-0.3, -0.25) is 0 Å². The van der Waals surface area contributed by atoms with Gasteiger partial charge in [0.1, 0.15) is 5.82 Å². The number of rotatable bonds is 4. The predicted octanol–water partition coefficient (Wildman–Crippen LogP) is 2.56. The highest BCUT2D eigenvalue weighted by molar-refractivity contribution is 5.54. The molecule has 0 saturated heterocycles. The molecule has 0 amide bonds. The maximum absolute atomic E-state index is 10.1. The Kier molecular flexibility index (Phi) is 5.06. The third kappa shape index (κ3) is 4.00. The molecule has 1 aliphatic carbocycles. The maximum Gasteiger partial charge on any atom is 0.239 e. The summed E-state index contributed by atoms with van der Waals surface area (Å²) in [5.41, 5.74) is 6.39. The Morgan fingerprint density at radius 1 is 1.30 bits per heavy atom. The van der Waals surface area contributed by atoms with Crippen molar-refractivity contribution in [3.05, 3.63) is 12.1 Å². The fourth-order valence-corrected chi connectivity index (χ4v) is 2.50. The monoisotopic (exact) mass is 279 g/mol. The molecule has 0 aliphatic heterocycles. The molecule has 1 aliphatic rings. The first-order valence-corrected chi connectivity index (χ1v) is 7.44. The number of pyridine rings is 1. The molecule has 2 rings (SSSR count). The summed E-state index contributed by atoms with van der Waals surface area (Å²) in [4.78, 5) is 4.40. The molecule has 1 fully saturated rings. The van der Waals surface area contributed by atoms with Gasteiger partial charge in [0.25, 0.3) is 0 Å². The average Bonchev–Trinajstić information content (AvgIpc) is 2.58. The Morgan fingerprint density at radius 2 is 2.05 bits per heavy atom. The molecule has 0 aromatic carbocycles. The molecule has 1 aromatic rings. The lowest BCUT2D eigenvalue weighted by molar-refractivity contribution is 0.144. The van der Waals surface area contributed by atoms with Crippen molar-refractivity contribution in [2.24, 2.45) is 0 Å². The summed E-state index contributed by atoms with van der Waals surface area (Å²) in [5.74, 6) is 1.16. The second kappa shape index (κ2) is 6.79. The number of ether oxygens (including phenoxy) is 1. The first kappa shape index (κ1) is 14.9. The Balaban J connectivity index is 2.08. The van der Waals surface area contributed by atoms with Crippen molar-refractivity contribution in [3.63, 3.8) is 0 Å². The molecule has 5 nitrogen and oxygen atoms in total. The summed E-state index contributed by atoms with van der Waals surface area (Å²) in [6.07, 6.45) is 4.95. The first-order chi connectivity index (χ1) is 9.56. The SMILES string of the molecule is CC(C)Oc1nc(NC2CCCCCC2O)ccc1N. The summed E-state index contributed by atoms with van der Waals surface area (Å²) in [6.45, 7) is 3.88. The minimum Gasteiger partial charge on any atom is -0.473 e. The van der Waals surface area contributed by atoms with Crippen molar-refractivity contribution in [1.82, 2.24) is 4.98 Å². The third-order valence-electron chi connectivity index (χ3n) is 3.55. The van der Waals surface area contributed by atoms with Crippen LogP contribution in [0.25, 0.3) is 0 Å². The van der Waals surface area contributed by atoms with Gasteiger partial charge in [0.15, 0.2) is 0 Å². The fourth-order valence-electron chi connectivity index (χ4n) is 2.50. The molecule has 112 valence electrons. The van der Waals surface area contributed by atoms with Crippen LogP contribution in [0.1, 0.15) is 46.0 Å². The van der Waals surface area contributed by atoms with Crippen molar-refractivity contribution in [3.8, 4) is 5.88 Å². The molecule has 0 bridgehead atoms. The van der Waals surface area contributed by atoms with Gasteiger partial charge < -0.3 is 20.9 Å². The third-order valence-corrected chi connectivity index (χ3v) is 3.55. The van der Waals surface area contributed by atoms with Crippen LogP contribution in [0, 0.1) is 0 Å². The van der Waals surface area contributed by atoms with E-state index in [1.54, 1.807) is 6.07 Å². The maximum atomic E-state index is 10.1. The van der Waals surface area contributed by atoms with Gasteiger partial charge in [0.2, 0.25) is 5.88 Å². The Hall–Kier alpha value is -1.49. The predicted molar refractivity (Wildman–Crippen MR) is 80.9 cm³/mol. The Labute approximate surface area is 120 Å².